The van der Waals surface area contributed by atoms with Gasteiger partial charge in [0.25, 0.3) is 0 Å². The molecule has 1 fully saturated rings. The first-order valence-electron chi connectivity index (χ1n) is 4.34. The molecular weight excluding hydrogens is 215 g/mol. The molecule has 0 radical (unpaired) electrons. The van der Waals surface area contributed by atoms with E-state index in [1.807, 2.05) is 6.07 Å². The Morgan fingerprint density at radius 2 is 1.64 bits per heavy atom. The van der Waals surface area contributed by atoms with Gasteiger partial charge in [-0.15, -0.1) is 0 Å². The fourth-order valence-electron chi connectivity index (χ4n) is 1.72. The first-order valence-corrected chi connectivity index (χ1v) is 4.34. The summed E-state index contributed by atoms with van der Waals surface area (Å²) in [5.41, 5.74) is 0.826. The molecule has 0 bridgehead atoms. The first-order chi connectivity index (χ1) is 6.09. The Hall–Kier alpha value is 0.711. The van der Waals surface area contributed by atoms with Gasteiger partial charge in [0.15, 0.2) is 0 Å². The van der Waals surface area contributed by atoms with Crippen LogP contribution < -0.4 is 51.4 Å². The molecule has 2 atom stereocenters. The molecule has 0 nitrogen and oxygen atoms in total. The number of benzene rings is 1. The molecule has 0 aromatic heterocycles. The van der Waals surface area contributed by atoms with Gasteiger partial charge in [-0.3, -0.25) is 0 Å². The van der Waals surface area contributed by atoms with Crippen LogP contribution in [0.15, 0.2) is 30.3 Å². The molecule has 1 aromatic carbocycles. The van der Waals surface area contributed by atoms with E-state index in [1.165, 1.54) is 0 Å². The molecule has 0 aliphatic heterocycles. The maximum atomic E-state index is 12.2. The second-order valence-electron chi connectivity index (χ2n) is 3.54. The van der Waals surface area contributed by atoms with Gasteiger partial charge >= 0.3 is 58.4 Å². The van der Waals surface area contributed by atoms with Gasteiger partial charge in [-0.1, -0.05) is 42.6 Å². The van der Waals surface area contributed by atoms with Crippen LogP contribution in [-0.2, 0) is 0 Å². The molecule has 0 heterocycles. The van der Waals surface area contributed by atoms with Crippen molar-refractivity contribution in [2.24, 2.45) is 0 Å². The van der Waals surface area contributed by atoms with Gasteiger partial charge in [0, 0.05) is 0 Å². The van der Waals surface area contributed by atoms with Gasteiger partial charge in [0.1, 0.15) is 0 Å². The van der Waals surface area contributed by atoms with Gasteiger partial charge < -0.3 is 12.9 Å². The standard InChI is InChI=1S/C9H9BF3.K/c11-10(12,13)9-6-8(9)7-4-2-1-3-5-7;/h1-5,8-9H,6H2;/q-1;+1/t8-,9+;/m0./s1. The van der Waals surface area contributed by atoms with Crippen LogP contribution in [0.3, 0.4) is 0 Å². The van der Waals surface area contributed by atoms with Gasteiger partial charge in [-0.25, -0.2) is 0 Å². The summed E-state index contributed by atoms with van der Waals surface area (Å²) in [5.74, 6) is -1.30. The summed E-state index contributed by atoms with van der Waals surface area (Å²) in [7, 11) is 0. The van der Waals surface area contributed by atoms with Gasteiger partial charge in [0.2, 0.25) is 0 Å². The molecule has 0 amide bonds. The van der Waals surface area contributed by atoms with Crippen LogP contribution in [0.1, 0.15) is 17.9 Å². The van der Waals surface area contributed by atoms with Gasteiger partial charge in [-0.2, -0.15) is 0 Å². The molecule has 1 saturated carbocycles. The summed E-state index contributed by atoms with van der Waals surface area (Å²) in [5, 5.41) is 0. The molecule has 70 valence electrons. The van der Waals surface area contributed by atoms with Crippen LogP contribution in [0.4, 0.5) is 12.9 Å². The normalized spacial score (nSPS) is 25.4. The Labute approximate surface area is 124 Å². The minimum atomic E-state index is -4.62. The van der Waals surface area contributed by atoms with Crippen molar-refractivity contribution in [3.8, 4) is 0 Å². The van der Waals surface area contributed by atoms with Gasteiger partial charge in [0.05, 0.1) is 0 Å². The third-order valence-electron chi connectivity index (χ3n) is 2.55. The number of halogens is 3. The fraction of sp³-hybridized carbons (Fsp3) is 0.333. The summed E-state index contributed by atoms with van der Waals surface area (Å²) in [6.07, 6.45) is 0.285. The van der Waals surface area contributed by atoms with Crippen LogP contribution in [0.25, 0.3) is 0 Å². The Kier molecular flexibility index (Phi) is 4.29. The molecule has 14 heavy (non-hydrogen) atoms. The van der Waals surface area contributed by atoms with Crippen molar-refractivity contribution in [3.05, 3.63) is 35.9 Å². The smallest absolute Gasteiger partial charge is 0.449 e. The van der Waals surface area contributed by atoms with E-state index in [1.54, 1.807) is 24.3 Å². The Bertz CT molecular complexity index is 299. The summed E-state index contributed by atoms with van der Waals surface area (Å²) in [6.45, 7) is -4.62. The molecule has 1 aromatic rings. The summed E-state index contributed by atoms with van der Waals surface area (Å²) < 4.78 is 36.7. The Morgan fingerprint density at radius 1 is 1.07 bits per heavy atom. The van der Waals surface area contributed by atoms with Crippen LogP contribution in [0.2, 0.25) is 5.82 Å². The average Bonchev–Trinajstić information content (AvgIpc) is 2.83. The minimum Gasteiger partial charge on any atom is -0.449 e. The molecule has 1 aliphatic rings. The molecule has 0 spiro atoms. The zero-order valence-corrected chi connectivity index (χ0v) is 11.1. The van der Waals surface area contributed by atoms with Crippen LogP contribution in [0, 0.1) is 0 Å². The number of hydrogen-bond acceptors (Lipinski definition) is 0. The topological polar surface area (TPSA) is 0 Å². The van der Waals surface area contributed by atoms with Crippen LogP contribution in [0.5, 0.6) is 0 Å². The maximum absolute atomic E-state index is 12.2. The summed E-state index contributed by atoms with van der Waals surface area (Å²) in [4.78, 5) is 0. The van der Waals surface area contributed by atoms with Crippen molar-refractivity contribution < 1.29 is 64.3 Å². The van der Waals surface area contributed by atoms with Crippen LogP contribution in [-0.4, -0.2) is 6.98 Å². The zero-order valence-electron chi connectivity index (χ0n) is 7.96. The molecule has 0 N–H and O–H groups in total. The van der Waals surface area contributed by atoms with Crippen molar-refractivity contribution in [3.63, 3.8) is 0 Å². The van der Waals surface area contributed by atoms with E-state index < -0.39 is 12.8 Å². The van der Waals surface area contributed by atoms with Crippen molar-refractivity contribution in [1.29, 1.82) is 0 Å². The van der Waals surface area contributed by atoms with E-state index in [0.29, 0.717) is 0 Å². The second kappa shape index (κ2) is 4.70. The molecule has 0 saturated heterocycles. The molecular formula is C9H9BF3K. The van der Waals surface area contributed by atoms with E-state index in [9.17, 15) is 12.9 Å². The van der Waals surface area contributed by atoms with Crippen molar-refractivity contribution in [1.82, 2.24) is 0 Å². The third kappa shape index (κ3) is 2.86. The number of rotatable bonds is 2. The predicted octanol–water partition coefficient (Wildman–Crippen LogP) is 0.395. The second-order valence-corrected chi connectivity index (χ2v) is 3.54. The molecule has 1 aliphatic carbocycles. The SMILES string of the molecule is F[B-](F)(F)[C@@H]1C[C@H]1c1ccccc1.[K+]. The van der Waals surface area contributed by atoms with E-state index in [4.69, 9.17) is 0 Å². The first kappa shape index (κ1) is 12.8. The molecule has 2 rings (SSSR count). The quantitative estimate of drug-likeness (QED) is 0.638. The van der Waals surface area contributed by atoms with E-state index in [-0.39, 0.29) is 63.7 Å². The van der Waals surface area contributed by atoms with E-state index in [0.717, 1.165) is 5.56 Å². The van der Waals surface area contributed by atoms with E-state index in [2.05, 4.69) is 0 Å². The Morgan fingerprint density at radius 3 is 2.07 bits per heavy atom. The van der Waals surface area contributed by atoms with Gasteiger partial charge in [-0.05, 0) is 11.5 Å². The van der Waals surface area contributed by atoms with E-state index >= 15 is 0 Å². The average molecular weight is 224 g/mol. The Balaban J connectivity index is 0.000000980. The monoisotopic (exact) mass is 224 g/mol. The zero-order chi connectivity index (χ0) is 9.47. The molecule has 5 heteroatoms. The fourth-order valence-corrected chi connectivity index (χ4v) is 1.72. The van der Waals surface area contributed by atoms with Crippen molar-refractivity contribution >= 4 is 6.98 Å². The van der Waals surface area contributed by atoms with Crippen LogP contribution >= 0.6 is 0 Å². The maximum Gasteiger partial charge on any atom is 1.00 e. The largest absolute Gasteiger partial charge is 1.00 e. The number of hydrogen-bond donors (Lipinski definition) is 0. The van der Waals surface area contributed by atoms with Crippen molar-refractivity contribution in [2.75, 3.05) is 0 Å². The molecule has 0 unspecified atom stereocenters. The van der Waals surface area contributed by atoms with Crippen molar-refractivity contribution in [2.45, 2.75) is 18.2 Å². The summed E-state index contributed by atoms with van der Waals surface area (Å²) in [6, 6.07) is 8.93. The minimum absolute atomic E-state index is 0. The predicted molar refractivity (Wildman–Crippen MR) is 46.6 cm³/mol. The summed E-state index contributed by atoms with van der Waals surface area (Å²) >= 11 is 0. The third-order valence-corrected chi connectivity index (χ3v) is 2.55.